The van der Waals surface area contributed by atoms with Crippen molar-refractivity contribution in [1.82, 2.24) is 0 Å². The van der Waals surface area contributed by atoms with Crippen LogP contribution in [0.1, 0.15) is 47.9 Å². The van der Waals surface area contributed by atoms with Crippen LogP contribution in [0.2, 0.25) is 0 Å². The molecule has 50 heavy (non-hydrogen) atoms. The second kappa shape index (κ2) is 14.8. The zero-order chi connectivity index (χ0) is 36.5. The first kappa shape index (κ1) is 38.1. The second-order valence-electron chi connectivity index (χ2n) is 11.4. The van der Waals surface area contributed by atoms with Crippen molar-refractivity contribution >= 4 is 37.5 Å². The monoisotopic (exact) mass is 756 g/mol. The molecule has 2 atom stereocenters. The van der Waals surface area contributed by atoms with Crippen molar-refractivity contribution in [2.24, 2.45) is 0 Å². The molecule has 0 bridgehead atoms. The molecule has 16 heteroatoms. The minimum absolute atomic E-state index is 0.117. The summed E-state index contributed by atoms with van der Waals surface area (Å²) >= 11 is 0. The molecule has 4 aromatic carbocycles. The Morgan fingerprint density at radius 2 is 0.680 bits per heavy atom. The summed E-state index contributed by atoms with van der Waals surface area (Å²) < 4.78 is 180. The van der Waals surface area contributed by atoms with Gasteiger partial charge in [0.25, 0.3) is 0 Å². The highest BCUT2D eigenvalue weighted by atomic mass is 31.1. The summed E-state index contributed by atoms with van der Waals surface area (Å²) in [6.07, 6.45) is -22.0. The molecule has 0 radical (unpaired) electrons. The highest BCUT2D eigenvalue weighted by molar-refractivity contribution is 7.69. The first-order valence-electron chi connectivity index (χ1n) is 14.9. The lowest BCUT2D eigenvalue weighted by atomic mass is 9.95. The van der Waals surface area contributed by atoms with Gasteiger partial charge in [0.2, 0.25) is 0 Å². The number of rotatable bonds is 8. The highest BCUT2D eigenvalue weighted by Gasteiger charge is 2.42. The highest BCUT2D eigenvalue weighted by Crippen LogP contribution is 2.48. The Labute approximate surface area is 281 Å². The second-order valence-corrected chi connectivity index (χ2v) is 15.0. The number of hydrogen-bond acceptors (Lipinski definition) is 2. The van der Waals surface area contributed by atoms with Gasteiger partial charge in [0.15, 0.2) is 0 Å². The van der Waals surface area contributed by atoms with Gasteiger partial charge in [-0.05, 0) is 49.2 Å². The van der Waals surface area contributed by atoms with E-state index in [1.165, 1.54) is 0 Å². The molecule has 1 fully saturated rings. The van der Waals surface area contributed by atoms with Crippen molar-refractivity contribution < 1.29 is 61.7 Å². The van der Waals surface area contributed by atoms with Gasteiger partial charge in [0.05, 0.1) is 50.8 Å². The minimum atomic E-state index is -5.35. The van der Waals surface area contributed by atoms with E-state index in [1.807, 2.05) is 0 Å². The molecule has 0 N–H and O–H groups in total. The number of halogens is 12. The fourth-order valence-electron chi connectivity index (χ4n) is 5.35. The van der Waals surface area contributed by atoms with Crippen LogP contribution < -0.4 is 21.2 Å². The zero-order valence-electron chi connectivity index (χ0n) is 25.5. The van der Waals surface area contributed by atoms with E-state index in [0.717, 1.165) is 10.6 Å². The molecule has 1 saturated carbocycles. The molecule has 1 aliphatic rings. The molecule has 0 heterocycles. The molecule has 4 aromatic rings. The predicted molar refractivity (Wildman–Crippen MR) is 166 cm³/mol. The predicted octanol–water partition coefficient (Wildman–Crippen LogP) is 10.5. The van der Waals surface area contributed by atoms with Crippen molar-refractivity contribution in [3.63, 3.8) is 0 Å². The molecule has 0 saturated heterocycles. The third-order valence-electron chi connectivity index (χ3n) is 7.72. The smallest absolute Gasteiger partial charge is 0.344 e. The van der Waals surface area contributed by atoms with Crippen molar-refractivity contribution in [3.05, 3.63) is 119 Å². The summed E-state index contributed by atoms with van der Waals surface area (Å²) in [5.41, 5.74) is -7.19. The fourth-order valence-corrected chi connectivity index (χ4v) is 9.37. The van der Waals surface area contributed by atoms with E-state index in [2.05, 4.69) is 0 Å². The molecule has 1 aliphatic carbocycles. The van der Waals surface area contributed by atoms with Gasteiger partial charge in [-0.15, -0.1) is 0 Å². The van der Waals surface area contributed by atoms with Gasteiger partial charge in [0.1, 0.15) is 0 Å². The number of alkyl halides is 12. The average Bonchev–Trinajstić information content (AvgIpc) is 3.05. The van der Waals surface area contributed by atoms with Crippen LogP contribution >= 0.6 is 16.3 Å². The van der Waals surface area contributed by atoms with E-state index in [9.17, 15) is 52.7 Å². The van der Waals surface area contributed by atoms with E-state index < -0.39 is 86.1 Å². The molecular weight excluding hydrogens is 730 g/mol. The molecule has 0 spiro atoms. The summed E-state index contributed by atoms with van der Waals surface area (Å²) in [6, 6.07) is 18.5. The van der Waals surface area contributed by atoms with Crippen LogP contribution in [0.5, 0.6) is 0 Å². The fraction of sp³-hybridized carbons (Fsp3) is 0.294. The Balaban J connectivity index is 1.66. The lowest BCUT2D eigenvalue weighted by molar-refractivity contribution is -0.144. The molecular formula is C34H26F12O2P2. The SMILES string of the molecule is FC(F)(F)c1cc(P(O[C@H]2CCCC[C@@H]2OP(c2ccccc2)c2ccccc2)c2cc(C(F)(F)F)cc(C(F)(F)F)c2)cc(C(F)(F)F)c1. The van der Waals surface area contributed by atoms with Crippen LogP contribution in [0, 0.1) is 0 Å². The Morgan fingerprint density at radius 3 is 0.960 bits per heavy atom. The van der Waals surface area contributed by atoms with Crippen molar-refractivity contribution in [3.8, 4) is 0 Å². The minimum Gasteiger partial charge on any atom is -0.344 e. The van der Waals surface area contributed by atoms with Crippen LogP contribution in [0.4, 0.5) is 52.7 Å². The van der Waals surface area contributed by atoms with Crippen molar-refractivity contribution in [2.75, 3.05) is 0 Å². The summed E-state index contributed by atoms with van der Waals surface area (Å²) in [7, 11) is -4.74. The maximum atomic E-state index is 13.9. The molecule has 268 valence electrons. The van der Waals surface area contributed by atoms with Crippen LogP contribution in [0.3, 0.4) is 0 Å². The van der Waals surface area contributed by atoms with Gasteiger partial charge in [0, 0.05) is 21.2 Å². The molecule has 0 aliphatic heterocycles. The first-order chi connectivity index (χ1) is 23.3. The third-order valence-corrected chi connectivity index (χ3v) is 11.7. The summed E-state index contributed by atoms with van der Waals surface area (Å²) in [5.74, 6) is 0. The van der Waals surface area contributed by atoms with Gasteiger partial charge in [-0.3, -0.25) is 0 Å². The third kappa shape index (κ3) is 9.37. The lowest BCUT2D eigenvalue weighted by Crippen LogP contribution is -2.36. The summed E-state index contributed by atoms with van der Waals surface area (Å²) in [6.45, 7) is 0. The Bertz CT molecular complexity index is 1560. The van der Waals surface area contributed by atoms with E-state index in [4.69, 9.17) is 9.05 Å². The molecule has 0 aromatic heterocycles. The summed E-state index contributed by atoms with van der Waals surface area (Å²) in [4.78, 5) is 0. The van der Waals surface area contributed by atoms with Gasteiger partial charge < -0.3 is 9.05 Å². The normalized spacial score (nSPS) is 17.8. The van der Waals surface area contributed by atoms with Crippen LogP contribution in [-0.4, -0.2) is 12.2 Å². The number of hydrogen-bond donors (Lipinski definition) is 0. The number of benzene rings is 4. The van der Waals surface area contributed by atoms with Crippen LogP contribution in [0.15, 0.2) is 97.1 Å². The van der Waals surface area contributed by atoms with Crippen molar-refractivity contribution in [2.45, 2.75) is 62.6 Å². The van der Waals surface area contributed by atoms with Crippen molar-refractivity contribution in [1.29, 1.82) is 0 Å². The largest absolute Gasteiger partial charge is 0.416 e. The van der Waals surface area contributed by atoms with Crippen LogP contribution in [0.25, 0.3) is 0 Å². The molecule has 0 amide bonds. The quantitative estimate of drug-likeness (QED) is 0.132. The maximum Gasteiger partial charge on any atom is 0.416 e. The average molecular weight is 757 g/mol. The van der Waals surface area contributed by atoms with Gasteiger partial charge >= 0.3 is 24.7 Å². The zero-order valence-corrected chi connectivity index (χ0v) is 27.3. The Morgan fingerprint density at radius 1 is 0.400 bits per heavy atom. The molecule has 0 unspecified atom stereocenters. The maximum absolute atomic E-state index is 13.9. The van der Waals surface area contributed by atoms with E-state index in [0.29, 0.717) is 19.3 Å². The summed E-state index contributed by atoms with van der Waals surface area (Å²) in [5, 5.41) is -0.235. The van der Waals surface area contributed by atoms with E-state index >= 15 is 0 Å². The van der Waals surface area contributed by atoms with Gasteiger partial charge in [-0.1, -0.05) is 73.5 Å². The van der Waals surface area contributed by atoms with E-state index in [1.54, 1.807) is 60.7 Å². The Kier molecular flexibility index (Phi) is 11.3. The van der Waals surface area contributed by atoms with Gasteiger partial charge in [-0.25, -0.2) is 0 Å². The Hall–Kier alpha value is -3.18. The van der Waals surface area contributed by atoms with E-state index in [-0.39, 0.29) is 42.8 Å². The standard InChI is InChI=1S/C34H26F12O2P2/c35-31(36,37)21-15-22(32(38,39)40)18-27(17-21)50(28-19-23(33(41,42)43)16-24(20-28)34(44,45)46)48-30-14-8-7-13-29(30)47-49(25-9-3-1-4-10-25)26-11-5-2-6-12-26/h1-6,9-12,15-20,29-30H,7-8,13-14H2/t29-,30-/m0/s1. The first-order valence-corrected chi connectivity index (χ1v) is 17.5. The lowest BCUT2D eigenvalue weighted by Gasteiger charge is -2.36. The molecule has 2 nitrogen and oxygen atoms in total. The van der Waals surface area contributed by atoms with Crippen LogP contribution in [-0.2, 0) is 33.8 Å². The molecule has 5 rings (SSSR count). The van der Waals surface area contributed by atoms with Gasteiger partial charge in [-0.2, -0.15) is 52.7 Å². The topological polar surface area (TPSA) is 18.5 Å².